The minimum absolute atomic E-state index is 0.00559. The van der Waals surface area contributed by atoms with Crippen molar-refractivity contribution in [1.82, 2.24) is 0 Å². The lowest BCUT2D eigenvalue weighted by molar-refractivity contribution is -0.132. The number of halogens is 3. The molecule has 1 fully saturated rings. The highest BCUT2D eigenvalue weighted by atomic mass is 19.4. The third-order valence-electron chi connectivity index (χ3n) is 5.21. The van der Waals surface area contributed by atoms with Gasteiger partial charge in [0.25, 0.3) is 0 Å². The highest BCUT2D eigenvalue weighted by Gasteiger charge is 2.39. The van der Waals surface area contributed by atoms with Crippen LogP contribution in [0.4, 0.5) is 24.5 Å². The minimum Gasteiger partial charge on any atom is -0.404 e. The summed E-state index contributed by atoms with van der Waals surface area (Å²) in [7, 11) is 0. The number of alkyl halides is 3. The number of anilines is 2. The second kappa shape index (κ2) is 8.49. The Balaban J connectivity index is 1.93. The number of hydrogen-bond donors (Lipinski definition) is 1. The van der Waals surface area contributed by atoms with Crippen LogP contribution in [0.2, 0.25) is 0 Å². The normalized spacial score (nSPS) is 19.9. The number of fused-ring (bicyclic) bond motifs is 1. The maximum Gasteiger partial charge on any atom is 0.390 e. The largest absolute Gasteiger partial charge is 0.404 e. The fourth-order valence-electron chi connectivity index (χ4n) is 3.61. The van der Waals surface area contributed by atoms with Crippen LogP contribution >= 0.6 is 0 Å². The molecule has 0 bridgehead atoms. The predicted molar refractivity (Wildman–Crippen MR) is 110 cm³/mol. The monoisotopic (exact) mass is 422 g/mol. The Kier molecular flexibility index (Phi) is 6.19. The van der Waals surface area contributed by atoms with Crippen LogP contribution in [0.25, 0.3) is 5.57 Å². The molecule has 1 heterocycles. The van der Waals surface area contributed by atoms with Gasteiger partial charge in [0.15, 0.2) is 0 Å². The summed E-state index contributed by atoms with van der Waals surface area (Å²) < 4.78 is 36.9. The first-order valence-corrected chi connectivity index (χ1v) is 9.86. The Morgan fingerprint density at radius 3 is 2.53 bits per heavy atom. The average Bonchev–Trinajstić information content (AvgIpc) is 3.50. The van der Waals surface area contributed by atoms with Gasteiger partial charge in [-0.05, 0) is 37.5 Å². The summed E-state index contributed by atoms with van der Waals surface area (Å²) in [6.45, 7) is 3.36. The number of nitrogens with zero attached hydrogens (tertiary/aromatic N) is 3. The molecule has 1 aromatic rings. The average molecular weight is 422 g/mol. The van der Waals surface area contributed by atoms with Gasteiger partial charge in [-0.3, -0.25) is 14.6 Å². The Morgan fingerprint density at radius 1 is 1.27 bits per heavy atom. The highest BCUT2D eigenvalue weighted by Crippen LogP contribution is 2.41. The van der Waals surface area contributed by atoms with Gasteiger partial charge in [-0.25, -0.2) is 0 Å². The number of nitrogens with two attached hydrogens (primary N) is 1. The van der Waals surface area contributed by atoms with Crippen LogP contribution in [0.1, 0.15) is 38.7 Å². The molecule has 0 aromatic heterocycles. The van der Waals surface area contributed by atoms with Gasteiger partial charge in [0.05, 0.1) is 23.8 Å². The van der Waals surface area contributed by atoms with Crippen molar-refractivity contribution in [2.45, 2.75) is 45.3 Å². The molecule has 9 heteroatoms. The van der Waals surface area contributed by atoms with Gasteiger partial charge in [-0.2, -0.15) is 13.2 Å². The fraction of sp³-hybridized carbons (Fsp3) is 0.476. The zero-order valence-corrected chi connectivity index (χ0v) is 16.9. The van der Waals surface area contributed by atoms with Crippen LogP contribution in [-0.2, 0) is 9.59 Å². The maximum atomic E-state index is 12.9. The van der Waals surface area contributed by atoms with Crippen LogP contribution < -0.4 is 15.5 Å². The summed E-state index contributed by atoms with van der Waals surface area (Å²) in [6, 6.07) is 5.03. The van der Waals surface area contributed by atoms with Gasteiger partial charge in [0.1, 0.15) is 0 Å². The third-order valence-corrected chi connectivity index (χ3v) is 5.21. The van der Waals surface area contributed by atoms with E-state index < -0.39 is 19.1 Å². The first-order chi connectivity index (χ1) is 14.1. The molecule has 1 aliphatic heterocycles. The lowest BCUT2D eigenvalue weighted by Gasteiger charge is -2.41. The van der Waals surface area contributed by atoms with Crippen LogP contribution in [0.15, 0.2) is 29.4 Å². The Hall–Kier alpha value is -2.84. The second-order valence-corrected chi connectivity index (χ2v) is 7.69. The molecule has 2 N–H and O–H groups in total. The van der Waals surface area contributed by atoms with E-state index in [0.29, 0.717) is 29.1 Å². The number of benzene rings is 1. The highest BCUT2D eigenvalue weighted by molar-refractivity contribution is 6.11. The zero-order valence-electron chi connectivity index (χ0n) is 16.9. The number of aliphatic imine (C=N–C) groups is 1. The number of amides is 2. The molecular formula is C21H25F3N4O2. The number of hydrogen-bond acceptors (Lipinski definition) is 4. The van der Waals surface area contributed by atoms with Crippen molar-refractivity contribution in [1.29, 1.82) is 0 Å². The Bertz CT molecular complexity index is 891. The third kappa shape index (κ3) is 4.83. The summed E-state index contributed by atoms with van der Waals surface area (Å²) >= 11 is 0. The van der Waals surface area contributed by atoms with Crippen molar-refractivity contribution < 1.29 is 22.8 Å². The molecular weight excluding hydrogens is 397 g/mol. The van der Waals surface area contributed by atoms with Gasteiger partial charge in [-0.1, -0.05) is 6.07 Å². The molecule has 0 radical (unpaired) electrons. The van der Waals surface area contributed by atoms with E-state index in [0.717, 1.165) is 12.8 Å². The quantitative estimate of drug-likeness (QED) is 0.738. The summed E-state index contributed by atoms with van der Waals surface area (Å²) in [5.41, 5.74) is 7.95. The van der Waals surface area contributed by atoms with Crippen molar-refractivity contribution in [2.24, 2.45) is 16.6 Å². The lowest BCUT2D eigenvalue weighted by atomic mass is 10.0. The van der Waals surface area contributed by atoms with Crippen molar-refractivity contribution in [3.05, 3.63) is 30.0 Å². The molecule has 0 unspecified atom stereocenters. The minimum atomic E-state index is -4.27. The van der Waals surface area contributed by atoms with Crippen LogP contribution in [0.5, 0.6) is 0 Å². The predicted octanol–water partition coefficient (Wildman–Crippen LogP) is 3.51. The van der Waals surface area contributed by atoms with Gasteiger partial charge in [0, 0.05) is 43.9 Å². The first-order valence-electron chi connectivity index (χ1n) is 9.86. The molecule has 0 saturated heterocycles. The molecule has 162 valence electrons. The van der Waals surface area contributed by atoms with Crippen LogP contribution in [-0.4, -0.2) is 43.3 Å². The van der Waals surface area contributed by atoms with Gasteiger partial charge < -0.3 is 15.5 Å². The fourth-order valence-corrected chi connectivity index (χ4v) is 3.61. The van der Waals surface area contributed by atoms with E-state index in [9.17, 15) is 22.8 Å². The molecule has 0 spiro atoms. The number of rotatable bonds is 5. The first kappa shape index (κ1) is 21.9. The van der Waals surface area contributed by atoms with Crippen molar-refractivity contribution in [2.75, 3.05) is 22.9 Å². The van der Waals surface area contributed by atoms with Gasteiger partial charge in [-0.15, -0.1) is 0 Å². The summed E-state index contributed by atoms with van der Waals surface area (Å²) in [6.07, 6.45) is -1.01. The van der Waals surface area contributed by atoms with E-state index >= 15 is 0 Å². The van der Waals surface area contributed by atoms with E-state index in [-0.39, 0.29) is 23.8 Å². The maximum absolute atomic E-state index is 12.9. The van der Waals surface area contributed by atoms with E-state index in [1.807, 2.05) is 6.92 Å². The second-order valence-electron chi connectivity index (χ2n) is 7.69. The van der Waals surface area contributed by atoms with E-state index in [4.69, 9.17) is 5.73 Å². The van der Waals surface area contributed by atoms with Crippen LogP contribution in [0.3, 0.4) is 0 Å². The molecule has 2 amide bonds. The molecule has 3 rings (SSSR count). The van der Waals surface area contributed by atoms with Gasteiger partial charge in [0.2, 0.25) is 11.8 Å². The van der Waals surface area contributed by atoms with Gasteiger partial charge >= 0.3 is 6.18 Å². The van der Waals surface area contributed by atoms with Crippen molar-refractivity contribution in [3.63, 3.8) is 0 Å². The Labute approximate surface area is 173 Å². The summed E-state index contributed by atoms with van der Waals surface area (Å²) in [5.74, 6) is -0.0927. The number of carbonyl (C=O) groups excluding carboxylic acids is 2. The molecule has 6 nitrogen and oxygen atoms in total. The summed E-state index contributed by atoms with van der Waals surface area (Å²) in [5, 5.41) is 0. The molecule has 2 aliphatic rings. The lowest BCUT2D eigenvalue weighted by Crippen LogP contribution is -2.51. The van der Waals surface area contributed by atoms with Crippen molar-refractivity contribution >= 4 is 35.0 Å². The SMILES string of the molecule is CC(=O)N1c2ccc(C(C=NCCC(F)(F)F)=CN)cc2N(C(=O)C2CC2)C[C@@H]1C. The molecule has 1 aliphatic carbocycles. The molecule has 1 aromatic carbocycles. The molecule has 1 saturated carbocycles. The molecule has 1 atom stereocenters. The number of carbonyl (C=O) groups is 2. The standard InChI is InChI=1S/C21H25F3N4O2/c1-13-12-27(20(30)15-3-4-15)19-9-16(5-6-18(19)28(13)14(2)29)17(10-25)11-26-8-7-21(22,23)24/h5-6,9-11,13,15H,3-4,7-8,12,25H2,1-2H3/t13-/m0/s1. The van der Waals surface area contributed by atoms with Crippen LogP contribution in [0, 0.1) is 5.92 Å². The van der Waals surface area contributed by atoms with E-state index in [2.05, 4.69) is 4.99 Å². The Morgan fingerprint density at radius 2 is 1.97 bits per heavy atom. The number of allylic oxidation sites excluding steroid dienone is 1. The molecule has 30 heavy (non-hydrogen) atoms. The topological polar surface area (TPSA) is 79.0 Å². The smallest absolute Gasteiger partial charge is 0.390 e. The van der Waals surface area contributed by atoms with Crippen molar-refractivity contribution in [3.8, 4) is 0 Å². The summed E-state index contributed by atoms with van der Waals surface area (Å²) in [4.78, 5) is 32.2. The van der Waals surface area contributed by atoms with E-state index in [1.165, 1.54) is 19.3 Å². The zero-order chi connectivity index (χ0) is 22.1. The van der Waals surface area contributed by atoms with E-state index in [1.54, 1.807) is 28.0 Å².